The van der Waals surface area contributed by atoms with Crippen molar-refractivity contribution in [2.45, 2.75) is 0 Å². The molecule has 3 rings (SSSR count). The molecule has 0 aliphatic rings. The molecule has 2 N–H and O–H groups in total. The average molecular weight is 434 g/mol. The standard InChI is InChI=1S/C15H9Cl2NO4S3/c16-12-7-10(14(17)24-12)18(25(21)22)9-6-11(23-13(9)15(19)20)8-4-2-1-3-5-8/h1-7H,(H,19,20)(H,21,22). The number of hydrogen-bond donors (Lipinski definition) is 2. The van der Waals surface area contributed by atoms with E-state index in [0.29, 0.717) is 9.21 Å². The topological polar surface area (TPSA) is 77.8 Å². The Morgan fingerprint density at radius 2 is 1.76 bits per heavy atom. The van der Waals surface area contributed by atoms with Gasteiger partial charge in [-0.15, -0.1) is 22.7 Å². The van der Waals surface area contributed by atoms with Gasteiger partial charge in [-0.1, -0.05) is 53.5 Å². The van der Waals surface area contributed by atoms with Crippen molar-refractivity contribution in [2.75, 3.05) is 4.31 Å². The smallest absolute Gasteiger partial charge is 0.348 e. The number of thiophene rings is 2. The molecule has 3 aromatic rings. The maximum Gasteiger partial charge on any atom is 0.348 e. The number of carboxylic acid groups (broad SMARTS) is 1. The second-order valence-electron chi connectivity index (χ2n) is 4.73. The Morgan fingerprint density at radius 1 is 1.08 bits per heavy atom. The third-order valence-corrected chi connectivity index (χ3v) is 6.53. The molecule has 130 valence electrons. The first-order chi connectivity index (χ1) is 11.9. The molecule has 0 saturated carbocycles. The molecule has 0 amide bonds. The Labute approximate surface area is 163 Å². The van der Waals surface area contributed by atoms with Crippen LogP contribution in [0.5, 0.6) is 0 Å². The molecule has 0 aliphatic heterocycles. The number of carboxylic acids is 1. The summed E-state index contributed by atoms with van der Waals surface area (Å²) in [6, 6.07) is 12.1. The molecule has 0 saturated heterocycles. The third-order valence-electron chi connectivity index (χ3n) is 3.20. The highest BCUT2D eigenvalue weighted by Crippen LogP contribution is 2.45. The predicted octanol–water partition coefficient (Wildman–Crippen LogP) is 5.76. The van der Waals surface area contributed by atoms with E-state index in [0.717, 1.165) is 32.5 Å². The summed E-state index contributed by atoms with van der Waals surface area (Å²) in [4.78, 5) is 12.2. The second-order valence-corrected chi connectivity index (χ2v) is 8.90. The van der Waals surface area contributed by atoms with Crippen LogP contribution in [0, 0.1) is 0 Å². The monoisotopic (exact) mass is 433 g/mol. The van der Waals surface area contributed by atoms with Crippen molar-refractivity contribution in [2.24, 2.45) is 0 Å². The van der Waals surface area contributed by atoms with E-state index in [9.17, 15) is 18.7 Å². The molecule has 0 bridgehead atoms. The van der Waals surface area contributed by atoms with E-state index in [2.05, 4.69) is 0 Å². The van der Waals surface area contributed by atoms with Gasteiger partial charge in [-0.05, 0) is 17.7 Å². The molecule has 2 aromatic heterocycles. The van der Waals surface area contributed by atoms with Gasteiger partial charge in [-0.25, -0.2) is 13.3 Å². The molecule has 2 heterocycles. The van der Waals surface area contributed by atoms with E-state index in [1.54, 1.807) is 6.07 Å². The van der Waals surface area contributed by atoms with Gasteiger partial charge in [0.25, 0.3) is 11.3 Å². The van der Waals surface area contributed by atoms with Gasteiger partial charge in [0, 0.05) is 4.88 Å². The van der Waals surface area contributed by atoms with Crippen molar-refractivity contribution in [3.05, 3.63) is 56.0 Å². The number of halogens is 2. The summed E-state index contributed by atoms with van der Waals surface area (Å²) in [7, 11) is 0. The van der Waals surface area contributed by atoms with Gasteiger partial charge >= 0.3 is 5.97 Å². The molecular formula is C15H9Cl2NO4S3. The summed E-state index contributed by atoms with van der Waals surface area (Å²) in [5.41, 5.74) is 1.06. The van der Waals surface area contributed by atoms with Crippen molar-refractivity contribution in [3.8, 4) is 10.4 Å². The fraction of sp³-hybridized carbons (Fsp3) is 0. The highest BCUT2D eigenvalue weighted by molar-refractivity contribution is 7.81. The number of benzene rings is 1. The molecule has 0 aliphatic carbocycles. The van der Waals surface area contributed by atoms with Crippen LogP contribution in [0.15, 0.2) is 42.5 Å². The Balaban J connectivity index is 2.19. The summed E-state index contributed by atoms with van der Waals surface area (Å²) in [6.07, 6.45) is 0. The zero-order valence-corrected chi connectivity index (χ0v) is 16.1. The lowest BCUT2D eigenvalue weighted by Crippen LogP contribution is -2.20. The molecule has 1 atom stereocenters. The Bertz CT molecular complexity index is 955. The van der Waals surface area contributed by atoms with Crippen LogP contribution in [0.25, 0.3) is 10.4 Å². The van der Waals surface area contributed by atoms with Gasteiger partial charge in [-0.2, -0.15) is 0 Å². The van der Waals surface area contributed by atoms with E-state index < -0.39 is 17.2 Å². The Kier molecular flexibility index (Phi) is 5.47. The Morgan fingerprint density at radius 3 is 2.28 bits per heavy atom. The summed E-state index contributed by atoms with van der Waals surface area (Å²) >= 11 is 11.5. The van der Waals surface area contributed by atoms with E-state index in [1.165, 1.54) is 6.07 Å². The quantitative estimate of drug-likeness (QED) is 0.501. The predicted molar refractivity (Wildman–Crippen MR) is 104 cm³/mol. The second kappa shape index (κ2) is 7.45. The van der Waals surface area contributed by atoms with Crippen molar-refractivity contribution in [1.82, 2.24) is 0 Å². The summed E-state index contributed by atoms with van der Waals surface area (Å²) in [5.74, 6) is -1.20. The van der Waals surface area contributed by atoms with E-state index >= 15 is 0 Å². The molecule has 0 radical (unpaired) electrons. The highest BCUT2D eigenvalue weighted by Gasteiger charge is 2.28. The minimum absolute atomic E-state index is 0.0698. The van der Waals surface area contributed by atoms with Crippen LogP contribution in [0.1, 0.15) is 9.67 Å². The van der Waals surface area contributed by atoms with Gasteiger partial charge < -0.3 is 5.11 Å². The zero-order valence-electron chi connectivity index (χ0n) is 12.2. The lowest BCUT2D eigenvalue weighted by Gasteiger charge is -2.18. The molecule has 1 unspecified atom stereocenters. The van der Waals surface area contributed by atoms with Crippen LogP contribution in [-0.4, -0.2) is 19.8 Å². The van der Waals surface area contributed by atoms with Gasteiger partial charge in [-0.3, -0.25) is 4.55 Å². The number of hydrogen-bond acceptors (Lipinski definition) is 4. The van der Waals surface area contributed by atoms with Crippen molar-refractivity contribution in [3.63, 3.8) is 0 Å². The molecule has 25 heavy (non-hydrogen) atoms. The van der Waals surface area contributed by atoms with Crippen molar-refractivity contribution < 1.29 is 18.7 Å². The van der Waals surface area contributed by atoms with E-state index in [1.807, 2.05) is 30.3 Å². The van der Waals surface area contributed by atoms with Crippen LogP contribution < -0.4 is 4.31 Å². The third kappa shape index (κ3) is 3.74. The molecule has 5 nitrogen and oxygen atoms in total. The van der Waals surface area contributed by atoms with Crippen LogP contribution >= 0.6 is 45.9 Å². The molecule has 0 fully saturated rings. The number of aromatic carboxylic acids is 1. The molecular weight excluding hydrogens is 425 g/mol. The number of anilines is 2. The SMILES string of the molecule is O=C(O)c1sc(-c2ccccc2)cc1N(c1cc(Cl)sc1Cl)S(=O)O. The number of rotatable bonds is 5. The fourth-order valence-electron chi connectivity index (χ4n) is 2.20. The first-order valence-electron chi connectivity index (χ1n) is 6.67. The first-order valence-corrected chi connectivity index (χ1v) is 10.1. The van der Waals surface area contributed by atoms with Crippen molar-refractivity contribution in [1.29, 1.82) is 0 Å². The maximum atomic E-state index is 11.9. The zero-order chi connectivity index (χ0) is 18.1. The average Bonchev–Trinajstić information content (AvgIpc) is 3.13. The van der Waals surface area contributed by atoms with Crippen LogP contribution in [-0.2, 0) is 11.3 Å². The highest BCUT2D eigenvalue weighted by atomic mass is 35.5. The minimum Gasteiger partial charge on any atom is -0.477 e. The normalized spacial score (nSPS) is 12.1. The van der Waals surface area contributed by atoms with Gasteiger partial charge in [0.15, 0.2) is 0 Å². The lowest BCUT2D eigenvalue weighted by atomic mass is 10.2. The molecule has 0 spiro atoms. The number of carbonyl (C=O) groups is 1. The molecule has 1 aromatic carbocycles. The number of nitrogens with zero attached hydrogens (tertiary/aromatic N) is 1. The van der Waals surface area contributed by atoms with Crippen LogP contribution in [0.3, 0.4) is 0 Å². The van der Waals surface area contributed by atoms with Crippen molar-refractivity contribution >= 4 is 74.5 Å². The summed E-state index contributed by atoms with van der Waals surface area (Å²) < 4.78 is 23.2. The maximum absolute atomic E-state index is 11.9. The lowest BCUT2D eigenvalue weighted by molar-refractivity contribution is 0.0703. The molecule has 10 heteroatoms. The summed E-state index contributed by atoms with van der Waals surface area (Å²) in [5, 5.41) is 9.52. The van der Waals surface area contributed by atoms with Gasteiger partial charge in [0.05, 0.1) is 15.7 Å². The van der Waals surface area contributed by atoms with Gasteiger partial charge in [0.2, 0.25) is 0 Å². The largest absolute Gasteiger partial charge is 0.477 e. The first kappa shape index (κ1) is 18.4. The van der Waals surface area contributed by atoms with Crippen LogP contribution in [0.4, 0.5) is 11.4 Å². The van der Waals surface area contributed by atoms with E-state index in [4.69, 9.17) is 23.2 Å². The van der Waals surface area contributed by atoms with E-state index in [-0.39, 0.29) is 20.6 Å². The fourth-order valence-corrected chi connectivity index (χ4v) is 5.41. The Hall–Kier alpha value is -1.42. The summed E-state index contributed by atoms with van der Waals surface area (Å²) in [6.45, 7) is 0. The van der Waals surface area contributed by atoms with Crippen LogP contribution in [0.2, 0.25) is 8.67 Å². The van der Waals surface area contributed by atoms with Gasteiger partial charge in [0.1, 0.15) is 9.21 Å². The minimum atomic E-state index is -2.53.